The molecule has 0 aliphatic carbocycles. The molecule has 0 bridgehead atoms. The van der Waals surface area contributed by atoms with E-state index in [-0.39, 0.29) is 12.5 Å². The van der Waals surface area contributed by atoms with Crippen LogP contribution in [0.25, 0.3) is 0 Å². The Hall–Kier alpha value is -2.37. The van der Waals surface area contributed by atoms with Crippen molar-refractivity contribution in [1.29, 1.82) is 0 Å². The Morgan fingerprint density at radius 3 is 2.29 bits per heavy atom. The van der Waals surface area contributed by atoms with Crippen molar-refractivity contribution in [2.24, 2.45) is 0 Å². The van der Waals surface area contributed by atoms with Gasteiger partial charge in [0, 0.05) is 7.05 Å². The minimum Gasteiger partial charge on any atom is -0.455 e. The molecule has 1 aromatic carbocycles. The molecule has 0 heterocycles. The first kappa shape index (κ1) is 16.7. The molecule has 0 spiro atoms. The number of hydrogen-bond acceptors (Lipinski definition) is 4. The van der Waals surface area contributed by atoms with Gasteiger partial charge in [-0.25, -0.2) is 0 Å². The van der Waals surface area contributed by atoms with Gasteiger partial charge in [-0.15, -0.1) is 0 Å². The summed E-state index contributed by atoms with van der Waals surface area (Å²) in [5.41, 5.74) is -0.0386. The van der Waals surface area contributed by atoms with Gasteiger partial charge in [0.15, 0.2) is 6.61 Å². The second-order valence-corrected chi connectivity index (χ2v) is 5.02. The fraction of sp³-hybridized carbons (Fsp3) is 0.400. The molecule has 0 aliphatic rings. The molecule has 0 unspecified atom stereocenters. The Labute approximate surface area is 123 Å². The first-order valence-corrected chi connectivity index (χ1v) is 6.58. The topological polar surface area (TPSA) is 84.5 Å². The predicted molar refractivity (Wildman–Crippen MR) is 77.5 cm³/mol. The van der Waals surface area contributed by atoms with E-state index in [4.69, 9.17) is 4.74 Å². The summed E-state index contributed by atoms with van der Waals surface area (Å²) in [6.45, 7) is 2.90. The van der Waals surface area contributed by atoms with E-state index in [0.29, 0.717) is 0 Å². The summed E-state index contributed by atoms with van der Waals surface area (Å²) in [7, 11) is 1.47. The first-order chi connectivity index (χ1) is 9.87. The Bertz CT molecular complexity index is 512. The largest absolute Gasteiger partial charge is 0.455 e. The van der Waals surface area contributed by atoms with Gasteiger partial charge in [-0.2, -0.15) is 0 Å². The predicted octanol–water partition coefficient (Wildman–Crippen LogP) is 0.370. The molecule has 0 saturated heterocycles. The standard InChI is InChI=1S/C15H20N2O4/c1-15(2,11-7-5-4-6-8-11)14(20)21-10-13(19)17-9-12(18)16-3/h4-8H,9-10H2,1-3H3,(H,16,18)(H,17,19). The number of likely N-dealkylation sites (N-methyl/N-ethyl adjacent to an activating group) is 1. The number of carbonyl (C=O) groups excluding carboxylic acids is 3. The maximum absolute atomic E-state index is 12.1. The minimum atomic E-state index is -0.845. The average Bonchev–Trinajstić information content (AvgIpc) is 2.50. The highest BCUT2D eigenvalue weighted by Gasteiger charge is 2.31. The second kappa shape index (κ2) is 7.42. The van der Waals surface area contributed by atoms with E-state index < -0.39 is 23.9 Å². The number of ether oxygens (including phenoxy) is 1. The van der Waals surface area contributed by atoms with Crippen LogP contribution in [0.3, 0.4) is 0 Å². The van der Waals surface area contributed by atoms with Crippen LogP contribution in [0, 0.1) is 0 Å². The van der Waals surface area contributed by atoms with E-state index in [0.717, 1.165) is 5.56 Å². The molecule has 0 atom stereocenters. The van der Waals surface area contributed by atoms with Crippen LogP contribution in [0.4, 0.5) is 0 Å². The number of rotatable bonds is 6. The van der Waals surface area contributed by atoms with Crippen molar-refractivity contribution in [3.05, 3.63) is 35.9 Å². The van der Waals surface area contributed by atoms with Crippen LogP contribution in [0.2, 0.25) is 0 Å². The molecule has 1 rings (SSSR count). The van der Waals surface area contributed by atoms with E-state index in [1.807, 2.05) is 30.3 Å². The molecule has 1 aromatic rings. The Balaban J connectivity index is 2.50. The van der Waals surface area contributed by atoms with E-state index >= 15 is 0 Å². The number of esters is 1. The quantitative estimate of drug-likeness (QED) is 0.742. The molecule has 0 fully saturated rings. The van der Waals surface area contributed by atoms with Gasteiger partial charge in [0.25, 0.3) is 5.91 Å². The van der Waals surface area contributed by atoms with Crippen molar-refractivity contribution in [3.8, 4) is 0 Å². The molecule has 0 radical (unpaired) electrons. The number of benzene rings is 1. The molecule has 0 aromatic heterocycles. The summed E-state index contributed by atoms with van der Waals surface area (Å²) in [6.07, 6.45) is 0. The summed E-state index contributed by atoms with van der Waals surface area (Å²) in [5, 5.41) is 4.72. The van der Waals surface area contributed by atoms with Gasteiger partial charge < -0.3 is 15.4 Å². The summed E-state index contributed by atoms with van der Waals surface area (Å²) in [6, 6.07) is 9.18. The fourth-order valence-electron chi connectivity index (χ4n) is 1.60. The molecule has 6 heteroatoms. The van der Waals surface area contributed by atoms with Gasteiger partial charge in [-0.05, 0) is 19.4 Å². The molecule has 114 valence electrons. The van der Waals surface area contributed by atoms with Crippen LogP contribution in [0.15, 0.2) is 30.3 Å². The summed E-state index contributed by atoms with van der Waals surface area (Å²) < 4.78 is 5.01. The smallest absolute Gasteiger partial charge is 0.316 e. The van der Waals surface area contributed by atoms with Crippen molar-refractivity contribution in [2.45, 2.75) is 19.3 Å². The van der Waals surface area contributed by atoms with Gasteiger partial charge in [0.05, 0.1) is 12.0 Å². The lowest BCUT2D eigenvalue weighted by molar-refractivity contribution is -0.153. The monoisotopic (exact) mass is 292 g/mol. The maximum Gasteiger partial charge on any atom is 0.316 e. The maximum atomic E-state index is 12.1. The molecule has 0 aliphatic heterocycles. The third kappa shape index (κ3) is 4.91. The van der Waals surface area contributed by atoms with E-state index in [2.05, 4.69) is 10.6 Å². The Kier molecular flexibility index (Phi) is 5.90. The van der Waals surface area contributed by atoms with Crippen LogP contribution in [0.5, 0.6) is 0 Å². The highest BCUT2D eigenvalue weighted by molar-refractivity contribution is 5.88. The van der Waals surface area contributed by atoms with Gasteiger partial charge in [0.2, 0.25) is 5.91 Å². The SMILES string of the molecule is CNC(=O)CNC(=O)COC(=O)C(C)(C)c1ccccc1. The van der Waals surface area contributed by atoms with E-state index in [1.165, 1.54) is 7.05 Å². The zero-order chi connectivity index (χ0) is 15.9. The van der Waals surface area contributed by atoms with E-state index in [1.54, 1.807) is 13.8 Å². The molecule has 2 N–H and O–H groups in total. The highest BCUT2D eigenvalue weighted by Crippen LogP contribution is 2.24. The van der Waals surface area contributed by atoms with Gasteiger partial charge in [-0.1, -0.05) is 30.3 Å². The normalized spacial score (nSPS) is 10.6. The zero-order valence-corrected chi connectivity index (χ0v) is 12.4. The zero-order valence-electron chi connectivity index (χ0n) is 12.4. The van der Waals surface area contributed by atoms with Crippen LogP contribution >= 0.6 is 0 Å². The summed E-state index contributed by atoms with van der Waals surface area (Å²) >= 11 is 0. The second-order valence-electron chi connectivity index (χ2n) is 5.02. The van der Waals surface area contributed by atoms with Gasteiger partial charge in [-0.3, -0.25) is 14.4 Å². The van der Waals surface area contributed by atoms with Crippen LogP contribution in [-0.2, 0) is 24.5 Å². The average molecular weight is 292 g/mol. The lowest BCUT2D eigenvalue weighted by atomic mass is 9.85. The van der Waals surface area contributed by atoms with Gasteiger partial charge in [0.1, 0.15) is 0 Å². The first-order valence-electron chi connectivity index (χ1n) is 6.58. The van der Waals surface area contributed by atoms with Crippen molar-refractivity contribution in [3.63, 3.8) is 0 Å². The van der Waals surface area contributed by atoms with Crippen LogP contribution in [-0.4, -0.2) is 38.0 Å². The Morgan fingerprint density at radius 2 is 1.71 bits per heavy atom. The molecular weight excluding hydrogens is 272 g/mol. The van der Waals surface area contributed by atoms with Crippen molar-refractivity contribution < 1.29 is 19.1 Å². The molecule has 6 nitrogen and oxygen atoms in total. The minimum absolute atomic E-state index is 0.144. The molecule has 21 heavy (non-hydrogen) atoms. The summed E-state index contributed by atoms with van der Waals surface area (Å²) in [5.74, 6) is -1.33. The van der Waals surface area contributed by atoms with Crippen molar-refractivity contribution >= 4 is 17.8 Å². The van der Waals surface area contributed by atoms with E-state index in [9.17, 15) is 14.4 Å². The number of carbonyl (C=O) groups is 3. The lowest BCUT2D eigenvalue weighted by Gasteiger charge is -2.22. The Morgan fingerprint density at radius 1 is 1.10 bits per heavy atom. The number of hydrogen-bond donors (Lipinski definition) is 2. The van der Waals surface area contributed by atoms with Crippen LogP contribution in [0.1, 0.15) is 19.4 Å². The van der Waals surface area contributed by atoms with Crippen LogP contribution < -0.4 is 10.6 Å². The third-order valence-electron chi connectivity index (χ3n) is 3.07. The lowest BCUT2D eigenvalue weighted by Crippen LogP contribution is -2.39. The van der Waals surface area contributed by atoms with Crippen molar-refractivity contribution in [2.75, 3.05) is 20.2 Å². The van der Waals surface area contributed by atoms with Crippen molar-refractivity contribution in [1.82, 2.24) is 10.6 Å². The van der Waals surface area contributed by atoms with Gasteiger partial charge >= 0.3 is 5.97 Å². The molecule has 2 amide bonds. The number of nitrogens with one attached hydrogen (secondary N) is 2. The summed E-state index contributed by atoms with van der Waals surface area (Å²) in [4.78, 5) is 34.5. The highest BCUT2D eigenvalue weighted by atomic mass is 16.5. The fourth-order valence-corrected chi connectivity index (χ4v) is 1.60. The molecule has 0 saturated carbocycles. The third-order valence-corrected chi connectivity index (χ3v) is 3.07. The number of amides is 2. The molecular formula is C15H20N2O4.